The molecule has 0 fully saturated rings. The second-order valence-electron chi connectivity index (χ2n) is 0.793. The van der Waals surface area contributed by atoms with Gasteiger partial charge in [0.15, 0.2) is 0 Å². The molecule has 0 radical (unpaired) electrons. The van der Waals surface area contributed by atoms with Crippen LogP contribution in [0.1, 0.15) is 6.92 Å². The Morgan fingerprint density at radius 3 is 2.83 bits per heavy atom. The average molecular weight is 252 g/mol. The molecule has 0 aliphatic rings. The van der Waals surface area contributed by atoms with E-state index in [1.165, 1.54) is 4.18 Å². The zero-order valence-corrected chi connectivity index (χ0v) is 7.29. The van der Waals surface area contributed by atoms with Crippen molar-refractivity contribution in [3.63, 3.8) is 0 Å². The fraction of sp³-hybridized carbons (Fsp3) is 0.667. The van der Waals surface area contributed by atoms with Crippen LogP contribution < -0.4 is 3.30 Å². The Morgan fingerprint density at radius 1 is 2.00 bits per heavy atom. The predicted molar refractivity (Wildman–Crippen MR) is 19.7 cm³/mol. The molecule has 0 heterocycles. The van der Waals surface area contributed by atoms with Gasteiger partial charge in [-0.15, -0.1) is 0 Å². The van der Waals surface area contributed by atoms with Crippen LogP contribution >= 0.6 is 0 Å². The first-order valence-corrected chi connectivity index (χ1v) is 6.17. The molecule has 0 aliphatic heterocycles. The van der Waals surface area contributed by atoms with Gasteiger partial charge in [0.25, 0.3) is 0 Å². The molecule has 2 nitrogen and oxygen atoms in total. The van der Waals surface area contributed by atoms with Gasteiger partial charge in [0, 0.05) is 0 Å². The van der Waals surface area contributed by atoms with Crippen LogP contribution in [0.15, 0.2) is 0 Å². The van der Waals surface area contributed by atoms with E-state index in [0.29, 0.717) is 0 Å². The van der Waals surface area contributed by atoms with Crippen molar-refractivity contribution in [2.45, 2.75) is 11.1 Å². The van der Waals surface area contributed by atoms with E-state index in [2.05, 4.69) is 10.2 Å². The van der Waals surface area contributed by atoms with Gasteiger partial charge in [0.05, 0.1) is 0 Å². The molecule has 0 atom stereocenters. The number of carbonyl (C=O) groups is 1. The third kappa shape index (κ3) is 4.34. The zero-order chi connectivity index (χ0) is 4.83. The van der Waals surface area contributed by atoms with Crippen molar-refractivity contribution in [2.24, 2.45) is 0 Å². The minimum atomic E-state index is -0.593. The summed E-state index contributed by atoms with van der Waals surface area (Å²) in [7, 11) is 0. The summed E-state index contributed by atoms with van der Waals surface area (Å²) in [6, 6.07) is 0. The van der Waals surface area contributed by atoms with E-state index in [1.807, 2.05) is 0 Å². The molecule has 0 unspecified atom stereocenters. The van der Waals surface area contributed by atoms with Gasteiger partial charge < -0.3 is 0 Å². The Balaban J connectivity index is 2.49. The van der Waals surface area contributed by atoms with Crippen molar-refractivity contribution in [2.75, 3.05) is 0 Å². The van der Waals surface area contributed by atoms with Gasteiger partial charge in [-0.2, -0.15) is 0 Å². The van der Waals surface area contributed by atoms with Crippen molar-refractivity contribution in [1.82, 2.24) is 3.30 Å². The van der Waals surface area contributed by atoms with E-state index < -0.39 is 23.2 Å². The molecule has 3 heteroatoms. The van der Waals surface area contributed by atoms with Gasteiger partial charge in [-0.05, 0) is 0 Å². The molecule has 0 saturated carbocycles. The number of rotatable bonds is 3. The van der Waals surface area contributed by atoms with Crippen LogP contribution in [0.2, 0.25) is 4.18 Å². The SMILES string of the molecule is C[CH2][Hf][NH]C=O. The minimum absolute atomic E-state index is 0.593. The first-order valence-electron chi connectivity index (χ1n) is 1.84. The Morgan fingerprint density at radius 2 is 2.67 bits per heavy atom. The Bertz CT molecular complexity index is 39.8. The molecule has 1 N–H and O–H groups in total. The summed E-state index contributed by atoms with van der Waals surface area (Å²) < 4.78 is 3.92. The normalized spacial score (nSPS) is 6.83. The van der Waals surface area contributed by atoms with E-state index in [4.69, 9.17) is 0 Å². The van der Waals surface area contributed by atoms with E-state index in [0.717, 1.165) is 6.41 Å². The number of hydrogen-bond acceptors (Lipinski definition) is 1. The molecule has 1 amide bonds. The zero-order valence-electron chi connectivity index (χ0n) is 3.69. The Hall–Kier alpha value is 0.340. The second-order valence-corrected chi connectivity index (χ2v) is 5.64. The summed E-state index contributed by atoms with van der Waals surface area (Å²) >= 11 is -0.593. The number of nitrogens with one attached hydrogen (secondary N) is 1. The van der Waals surface area contributed by atoms with Gasteiger partial charge >= 0.3 is 48.8 Å². The van der Waals surface area contributed by atoms with Crippen LogP contribution in [-0.4, -0.2) is 6.41 Å². The molecule has 0 aromatic rings. The van der Waals surface area contributed by atoms with Gasteiger partial charge in [0.2, 0.25) is 0 Å². The van der Waals surface area contributed by atoms with Crippen LogP contribution in [-0.2, 0) is 28.0 Å². The summed E-state index contributed by atoms with van der Waals surface area (Å²) in [4.78, 5) is 9.50. The molecular formula is C3H7HfNO. The van der Waals surface area contributed by atoms with Crippen LogP contribution in [0, 0.1) is 0 Å². The average Bonchev–Trinajstić information content (AvgIpc) is 1.61. The molecule has 6 heavy (non-hydrogen) atoms. The van der Waals surface area contributed by atoms with Crippen molar-refractivity contribution >= 4 is 6.41 Å². The summed E-state index contributed by atoms with van der Waals surface area (Å²) in [6.07, 6.45) is 0.798. The van der Waals surface area contributed by atoms with Crippen molar-refractivity contribution in [3.05, 3.63) is 0 Å². The molecule has 0 saturated heterocycles. The molecule has 0 aromatic heterocycles. The first-order chi connectivity index (χ1) is 2.91. The molecule has 0 bridgehead atoms. The molecule has 34 valence electrons. The molecule has 0 aliphatic carbocycles. The maximum atomic E-state index is 9.50. The third-order valence-corrected chi connectivity index (χ3v) is 2.76. The predicted octanol–water partition coefficient (Wildman–Crippen LogP) is 0.168. The van der Waals surface area contributed by atoms with E-state index in [1.54, 1.807) is 0 Å². The number of amides is 1. The molecule has 0 rings (SSSR count). The quantitative estimate of drug-likeness (QED) is 0.432. The van der Waals surface area contributed by atoms with Crippen molar-refractivity contribution in [1.29, 1.82) is 0 Å². The van der Waals surface area contributed by atoms with Crippen LogP contribution in [0.4, 0.5) is 0 Å². The summed E-state index contributed by atoms with van der Waals surface area (Å²) in [5.41, 5.74) is 0. The van der Waals surface area contributed by atoms with Crippen molar-refractivity contribution in [3.8, 4) is 0 Å². The fourth-order valence-corrected chi connectivity index (χ4v) is 1.18. The van der Waals surface area contributed by atoms with Gasteiger partial charge in [-0.3, -0.25) is 0 Å². The van der Waals surface area contributed by atoms with Gasteiger partial charge in [-0.25, -0.2) is 0 Å². The Labute approximate surface area is 49.1 Å². The van der Waals surface area contributed by atoms with Crippen molar-refractivity contribution < 1.29 is 28.0 Å². The fourth-order valence-electron chi connectivity index (χ4n) is 0.144. The molecule has 0 spiro atoms. The van der Waals surface area contributed by atoms with E-state index in [9.17, 15) is 4.79 Å². The van der Waals surface area contributed by atoms with Crippen LogP contribution in [0.5, 0.6) is 0 Å². The first kappa shape index (κ1) is 6.34. The summed E-state index contributed by atoms with van der Waals surface area (Å²) in [6.45, 7) is 2.10. The van der Waals surface area contributed by atoms with Gasteiger partial charge in [0.1, 0.15) is 0 Å². The monoisotopic (exact) mass is 253 g/mol. The molecular weight excluding hydrogens is 245 g/mol. The summed E-state index contributed by atoms with van der Waals surface area (Å²) in [5.74, 6) is 0. The second kappa shape index (κ2) is 5.34. The number of carbonyl (C=O) groups excluding carboxylic acids is 1. The van der Waals surface area contributed by atoms with Crippen LogP contribution in [0.3, 0.4) is 0 Å². The maximum absolute atomic E-state index is 9.50. The van der Waals surface area contributed by atoms with Gasteiger partial charge in [-0.1, -0.05) is 0 Å². The Kier molecular flexibility index (Phi) is 5.64. The number of hydrogen-bond donors (Lipinski definition) is 1. The van der Waals surface area contributed by atoms with E-state index >= 15 is 0 Å². The molecule has 0 aromatic carbocycles. The topological polar surface area (TPSA) is 29.1 Å². The van der Waals surface area contributed by atoms with Crippen LogP contribution in [0.25, 0.3) is 0 Å². The standard InChI is InChI=1S/C2H5.CH3NO.Hf/c1-2;2-1-3;/h1H2,2H3;1H,(H2,2,3);/q;;+1/p-1. The third-order valence-electron chi connectivity index (χ3n) is 0.338. The van der Waals surface area contributed by atoms with E-state index in [-0.39, 0.29) is 0 Å². The summed E-state index contributed by atoms with van der Waals surface area (Å²) in [5, 5.41) is 0.